The molecular weight excluding hydrogens is 271 g/mol. The number of piperidine rings is 1. The van der Waals surface area contributed by atoms with Crippen LogP contribution in [-0.4, -0.2) is 36.9 Å². The Bertz CT molecular complexity index is 538. The summed E-state index contributed by atoms with van der Waals surface area (Å²) in [7, 11) is 2.05. The van der Waals surface area contributed by atoms with Crippen molar-refractivity contribution in [1.82, 2.24) is 10.2 Å². The summed E-state index contributed by atoms with van der Waals surface area (Å²) in [5.41, 5.74) is 6.64. The highest BCUT2D eigenvalue weighted by Crippen LogP contribution is 2.18. The zero-order chi connectivity index (χ0) is 15.4. The third-order valence-corrected chi connectivity index (χ3v) is 3.91. The predicted octanol–water partition coefficient (Wildman–Crippen LogP) is 1.52. The smallest absolute Gasteiger partial charge is 0.223 e. The number of hydrogen-bond donors (Lipinski definition) is 3. The van der Waals surface area contributed by atoms with Crippen LogP contribution in [0.2, 0.25) is 0 Å². The molecule has 1 aromatic rings. The largest absolute Gasteiger partial charge is 0.398 e. The van der Waals surface area contributed by atoms with Crippen LogP contribution in [0.3, 0.4) is 0 Å². The average Bonchev–Trinajstić information content (AvgIpc) is 2.46. The van der Waals surface area contributed by atoms with Gasteiger partial charge >= 0.3 is 0 Å². The second-order valence-corrected chi connectivity index (χ2v) is 5.53. The second kappa shape index (κ2) is 6.67. The van der Waals surface area contributed by atoms with Crippen molar-refractivity contribution in [3.8, 4) is 0 Å². The Hall–Kier alpha value is -1.95. The monoisotopic (exact) mass is 292 g/mol. The lowest BCUT2D eigenvalue weighted by Crippen LogP contribution is -2.38. The molecule has 114 valence electrons. The molecule has 0 saturated carbocycles. The number of carbonyl (C=O) groups is 1. The molecule has 0 atom stereocenters. The number of hydrogen-bond acceptors (Lipinski definition) is 4. The highest BCUT2D eigenvalue weighted by molar-refractivity contribution is 5.96. The number of likely N-dealkylation sites (tertiary alicyclic amines) is 1. The van der Waals surface area contributed by atoms with E-state index in [4.69, 9.17) is 11.1 Å². The first-order valence-electron chi connectivity index (χ1n) is 7.06. The van der Waals surface area contributed by atoms with Gasteiger partial charge in [-0.2, -0.15) is 4.39 Å². The van der Waals surface area contributed by atoms with Gasteiger partial charge in [0.25, 0.3) is 0 Å². The third kappa shape index (κ3) is 4.01. The van der Waals surface area contributed by atoms with Crippen molar-refractivity contribution in [3.63, 3.8) is 0 Å². The number of rotatable bonds is 4. The van der Waals surface area contributed by atoms with E-state index in [-0.39, 0.29) is 23.1 Å². The van der Waals surface area contributed by atoms with Crippen molar-refractivity contribution in [1.29, 1.82) is 5.41 Å². The molecule has 1 aliphatic heterocycles. The zero-order valence-corrected chi connectivity index (χ0v) is 12.2. The van der Waals surface area contributed by atoms with Crippen LogP contribution in [0.25, 0.3) is 0 Å². The summed E-state index contributed by atoms with van der Waals surface area (Å²) in [5, 5.41) is 9.91. The van der Waals surface area contributed by atoms with Crippen molar-refractivity contribution in [3.05, 3.63) is 29.3 Å². The van der Waals surface area contributed by atoms with Gasteiger partial charge in [-0.1, -0.05) is 6.07 Å². The summed E-state index contributed by atoms with van der Waals surface area (Å²) >= 11 is 0. The fraction of sp³-hybridized carbons (Fsp3) is 0.467. The van der Waals surface area contributed by atoms with Crippen LogP contribution >= 0.6 is 0 Å². The molecule has 1 amide bonds. The minimum absolute atomic E-state index is 0.0387. The molecule has 6 heteroatoms. The van der Waals surface area contributed by atoms with Crippen molar-refractivity contribution >= 4 is 17.6 Å². The molecule has 0 radical (unpaired) electrons. The summed E-state index contributed by atoms with van der Waals surface area (Å²) in [6, 6.07) is 4.80. The Kier molecular flexibility index (Phi) is 4.90. The van der Waals surface area contributed by atoms with Crippen molar-refractivity contribution in [2.45, 2.75) is 19.4 Å². The number of carbonyl (C=O) groups excluding carboxylic acids is 1. The lowest BCUT2D eigenvalue weighted by molar-refractivity contribution is -0.126. The zero-order valence-electron chi connectivity index (χ0n) is 12.2. The summed E-state index contributed by atoms with van der Waals surface area (Å²) < 4.78 is 13.0. The van der Waals surface area contributed by atoms with Crippen molar-refractivity contribution in [2.75, 3.05) is 25.9 Å². The lowest BCUT2D eigenvalue weighted by atomic mass is 9.96. The molecule has 0 bridgehead atoms. The topological polar surface area (TPSA) is 82.2 Å². The van der Waals surface area contributed by atoms with Gasteiger partial charge in [0.2, 0.25) is 11.9 Å². The van der Waals surface area contributed by atoms with Gasteiger partial charge in [-0.15, -0.1) is 0 Å². The van der Waals surface area contributed by atoms with Crippen molar-refractivity contribution < 1.29 is 9.18 Å². The van der Waals surface area contributed by atoms with E-state index in [2.05, 4.69) is 17.3 Å². The van der Waals surface area contributed by atoms with Gasteiger partial charge in [-0.25, -0.2) is 0 Å². The Morgan fingerprint density at radius 1 is 1.48 bits per heavy atom. The molecule has 2 rings (SSSR count). The van der Waals surface area contributed by atoms with E-state index in [1.165, 1.54) is 6.07 Å². The SMILES string of the molecule is CN1CCC(C(=O)NCc2ccc(N)c(C(=N)F)c2)CC1. The van der Waals surface area contributed by atoms with E-state index in [9.17, 15) is 9.18 Å². The second-order valence-electron chi connectivity index (χ2n) is 5.53. The van der Waals surface area contributed by atoms with E-state index in [1.54, 1.807) is 12.1 Å². The Labute approximate surface area is 123 Å². The summed E-state index contributed by atoms with van der Waals surface area (Å²) in [6.07, 6.45) is 1.73. The molecule has 1 fully saturated rings. The van der Waals surface area contributed by atoms with Gasteiger partial charge in [-0.3, -0.25) is 10.2 Å². The maximum atomic E-state index is 13.0. The van der Waals surface area contributed by atoms with Crippen molar-refractivity contribution in [2.24, 2.45) is 5.92 Å². The molecule has 5 nitrogen and oxygen atoms in total. The van der Waals surface area contributed by atoms with E-state index >= 15 is 0 Å². The lowest BCUT2D eigenvalue weighted by Gasteiger charge is -2.28. The van der Waals surface area contributed by atoms with Gasteiger partial charge in [0.05, 0.1) is 5.56 Å². The highest BCUT2D eigenvalue weighted by atomic mass is 19.1. The van der Waals surface area contributed by atoms with Crippen LogP contribution < -0.4 is 11.1 Å². The molecule has 0 aromatic heterocycles. The summed E-state index contributed by atoms with van der Waals surface area (Å²) in [6.45, 7) is 2.19. The number of benzene rings is 1. The molecule has 1 heterocycles. The number of nitrogens with one attached hydrogen (secondary N) is 2. The molecule has 0 unspecified atom stereocenters. The number of amides is 1. The minimum atomic E-state index is -1.06. The van der Waals surface area contributed by atoms with E-state index in [1.807, 2.05) is 0 Å². The number of nitrogens with two attached hydrogens (primary N) is 1. The first-order valence-corrected chi connectivity index (χ1v) is 7.06. The van der Waals surface area contributed by atoms with Crippen LogP contribution in [0.4, 0.5) is 10.1 Å². The van der Waals surface area contributed by atoms with E-state index in [0.29, 0.717) is 6.54 Å². The van der Waals surface area contributed by atoms with Gasteiger partial charge in [0.15, 0.2) is 0 Å². The molecule has 1 aromatic carbocycles. The highest BCUT2D eigenvalue weighted by Gasteiger charge is 2.22. The Balaban J connectivity index is 1.92. The quantitative estimate of drug-likeness (QED) is 0.581. The molecule has 1 saturated heterocycles. The van der Waals surface area contributed by atoms with Gasteiger partial charge in [0, 0.05) is 18.2 Å². The number of anilines is 1. The molecule has 21 heavy (non-hydrogen) atoms. The number of nitrogens with zero attached hydrogens (tertiary/aromatic N) is 1. The number of nitrogen functional groups attached to an aromatic ring is 1. The van der Waals surface area contributed by atoms with Gasteiger partial charge < -0.3 is 16.0 Å². The molecule has 0 aliphatic carbocycles. The predicted molar refractivity (Wildman–Crippen MR) is 80.9 cm³/mol. The minimum Gasteiger partial charge on any atom is -0.398 e. The Morgan fingerprint density at radius 2 is 2.14 bits per heavy atom. The molecule has 1 aliphatic rings. The fourth-order valence-corrected chi connectivity index (χ4v) is 2.51. The molecule has 0 spiro atoms. The van der Waals surface area contributed by atoms with Gasteiger partial charge in [-0.05, 0) is 50.7 Å². The average molecular weight is 292 g/mol. The first-order chi connectivity index (χ1) is 9.97. The van der Waals surface area contributed by atoms with Crippen LogP contribution in [0, 0.1) is 11.3 Å². The first kappa shape index (κ1) is 15.4. The maximum absolute atomic E-state index is 13.0. The van der Waals surface area contributed by atoms with Crippen LogP contribution in [0.15, 0.2) is 18.2 Å². The summed E-state index contributed by atoms with van der Waals surface area (Å²) in [5.74, 6) is -0.971. The number of halogens is 1. The van der Waals surface area contributed by atoms with E-state index in [0.717, 1.165) is 31.5 Å². The maximum Gasteiger partial charge on any atom is 0.223 e. The normalized spacial score (nSPS) is 16.7. The standard InChI is InChI=1S/C15H21FN4O/c1-20-6-4-11(5-7-20)15(21)19-9-10-2-3-13(17)12(8-10)14(16)18/h2-3,8,11,18H,4-7,9,17H2,1H3,(H,19,21). The molecule has 4 N–H and O–H groups in total. The molecular formula is C15H21FN4O. The summed E-state index contributed by atoms with van der Waals surface area (Å²) in [4.78, 5) is 14.3. The third-order valence-electron chi connectivity index (χ3n) is 3.91. The fourth-order valence-electron chi connectivity index (χ4n) is 2.51. The van der Waals surface area contributed by atoms with Crippen LogP contribution in [-0.2, 0) is 11.3 Å². The van der Waals surface area contributed by atoms with Gasteiger partial charge in [0.1, 0.15) is 0 Å². The van der Waals surface area contributed by atoms with Crippen LogP contribution in [0.1, 0.15) is 24.0 Å². The van der Waals surface area contributed by atoms with Crippen LogP contribution in [0.5, 0.6) is 0 Å². The van der Waals surface area contributed by atoms with E-state index < -0.39 is 5.97 Å². The Morgan fingerprint density at radius 3 is 2.76 bits per heavy atom.